The lowest BCUT2D eigenvalue weighted by Gasteiger charge is -2.10. The summed E-state index contributed by atoms with van der Waals surface area (Å²) in [7, 11) is -3.56. The fourth-order valence-corrected chi connectivity index (χ4v) is 3.29. The highest BCUT2D eigenvalue weighted by atomic mass is 32.2. The van der Waals surface area contributed by atoms with Gasteiger partial charge in [0.1, 0.15) is 0 Å². The van der Waals surface area contributed by atoms with Crippen LogP contribution in [-0.4, -0.2) is 40.1 Å². The monoisotopic (exact) mass is 354 g/mol. The standard InChI is InChI=1S/C17H26N2O4S/c1-13(2)23-10-4-9-18-17(20)15-5-3-6-16(11-15)24(21,22)19-12-14-7-8-14/h3,5-6,11,13-14,19H,4,7-10,12H2,1-2H3,(H,18,20). The van der Waals surface area contributed by atoms with E-state index in [1.807, 2.05) is 13.8 Å². The van der Waals surface area contributed by atoms with Crippen LogP contribution in [0.1, 0.15) is 43.5 Å². The largest absolute Gasteiger partial charge is 0.379 e. The summed E-state index contributed by atoms with van der Waals surface area (Å²) in [5, 5.41) is 2.78. The highest BCUT2D eigenvalue weighted by Gasteiger charge is 2.24. The molecule has 0 radical (unpaired) electrons. The van der Waals surface area contributed by atoms with Crippen LogP contribution in [-0.2, 0) is 14.8 Å². The minimum Gasteiger partial charge on any atom is -0.379 e. The molecule has 1 aromatic rings. The van der Waals surface area contributed by atoms with Gasteiger partial charge < -0.3 is 10.1 Å². The summed E-state index contributed by atoms with van der Waals surface area (Å²) in [4.78, 5) is 12.3. The predicted octanol–water partition coefficient (Wildman–Crippen LogP) is 1.92. The molecular formula is C17H26N2O4S. The number of carbonyl (C=O) groups is 1. The van der Waals surface area contributed by atoms with E-state index in [2.05, 4.69) is 10.0 Å². The molecule has 0 bridgehead atoms. The van der Waals surface area contributed by atoms with Crippen molar-refractivity contribution >= 4 is 15.9 Å². The van der Waals surface area contributed by atoms with Gasteiger partial charge in [-0.25, -0.2) is 13.1 Å². The zero-order valence-electron chi connectivity index (χ0n) is 14.2. The molecule has 1 aliphatic rings. The molecule has 0 heterocycles. The number of nitrogens with one attached hydrogen (secondary N) is 2. The number of amides is 1. The van der Waals surface area contributed by atoms with Gasteiger partial charge in [-0.05, 0) is 57.2 Å². The third-order valence-electron chi connectivity index (χ3n) is 3.72. The molecule has 0 aromatic heterocycles. The third-order valence-corrected chi connectivity index (χ3v) is 5.14. The number of sulfonamides is 1. The first kappa shape index (κ1) is 18.9. The fraction of sp³-hybridized carbons (Fsp3) is 0.588. The van der Waals surface area contributed by atoms with E-state index in [9.17, 15) is 13.2 Å². The first-order chi connectivity index (χ1) is 11.4. The lowest BCUT2D eigenvalue weighted by Crippen LogP contribution is -2.27. The van der Waals surface area contributed by atoms with Crippen LogP contribution in [0, 0.1) is 5.92 Å². The molecule has 1 saturated carbocycles. The van der Waals surface area contributed by atoms with E-state index in [4.69, 9.17) is 4.74 Å². The Hall–Kier alpha value is -1.44. The van der Waals surface area contributed by atoms with Crippen molar-refractivity contribution in [1.29, 1.82) is 0 Å². The van der Waals surface area contributed by atoms with Gasteiger partial charge in [0, 0.05) is 25.3 Å². The molecule has 0 unspecified atom stereocenters. The van der Waals surface area contributed by atoms with Crippen LogP contribution in [0.3, 0.4) is 0 Å². The molecule has 2 rings (SSSR count). The lowest BCUT2D eigenvalue weighted by atomic mass is 10.2. The van der Waals surface area contributed by atoms with Crippen molar-refractivity contribution in [2.24, 2.45) is 5.92 Å². The highest BCUT2D eigenvalue weighted by molar-refractivity contribution is 7.89. The van der Waals surface area contributed by atoms with E-state index in [0.717, 1.165) is 12.8 Å². The summed E-state index contributed by atoms with van der Waals surface area (Å²) in [6, 6.07) is 6.11. The Morgan fingerprint density at radius 1 is 1.33 bits per heavy atom. The summed E-state index contributed by atoms with van der Waals surface area (Å²) in [5.41, 5.74) is 0.342. The Morgan fingerprint density at radius 3 is 2.75 bits per heavy atom. The van der Waals surface area contributed by atoms with Crippen LogP contribution in [0.5, 0.6) is 0 Å². The Bertz CT molecular complexity index is 654. The second kappa shape index (κ2) is 8.60. The lowest BCUT2D eigenvalue weighted by molar-refractivity contribution is 0.0757. The molecule has 1 amide bonds. The maximum absolute atomic E-state index is 12.2. The molecule has 134 valence electrons. The zero-order chi connectivity index (χ0) is 17.6. The van der Waals surface area contributed by atoms with E-state index in [1.165, 1.54) is 12.1 Å². The van der Waals surface area contributed by atoms with Gasteiger partial charge in [0.2, 0.25) is 10.0 Å². The molecule has 6 nitrogen and oxygen atoms in total. The second-order valence-electron chi connectivity index (χ2n) is 6.35. The van der Waals surface area contributed by atoms with E-state index in [-0.39, 0.29) is 16.9 Å². The summed E-state index contributed by atoms with van der Waals surface area (Å²) >= 11 is 0. The summed E-state index contributed by atoms with van der Waals surface area (Å²) in [5.74, 6) is 0.179. The van der Waals surface area contributed by atoms with E-state index in [1.54, 1.807) is 12.1 Å². The average Bonchev–Trinajstić information content (AvgIpc) is 3.37. The molecule has 7 heteroatoms. The summed E-state index contributed by atoms with van der Waals surface area (Å²) in [6.45, 7) is 5.46. The summed E-state index contributed by atoms with van der Waals surface area (Å²) < 4.78 is 32.5. The summed E-state index contributed by atoms with van der Waals surface area (Å²) in [6.07, 6.45) is 3.03. The van der Waals surface area contributed by atoms with Gasteiger partial charge >= 0.3 is 0 Å². The van der Waals surface area contributed by atoms with Gasteiger partial charge in [-0.15, -0.1) is 0 Å². The highest BCUT2D eigenvalue weighted by Crippen LogP contribution is 2.28. The van der Waals surface area contributed by atoms with Gasteiger partial charge in [0.15, 0.2) is 0 Å². The fourth-order valence-electron chi connectivity index (χ4n) is 2.13. The Morgan fingerprint density at radius 2 is 2.08 bits per heavy atom. The van der Waals surface area contributed by atoms with Crippen LogP contribution < -0.4 is 10.0 Å². The van der Waals surface area contributed by atoms with Gasteiger partial charge in [-0.2, -0.15) is 0 Å². The quantitative estimate of drug-likeness (QED) is 0.629. The van der Waals surface area contributed by atoms with Crippen molar-refractivity contribution in [2.75, 3.05) is 19.7 Å². The minimum absolute atomic E-state index is 0.124. The van der Waals surface area contributed by atoms with Gasteiger partial charge in [-0.3, -0.25) is 4.79 Å². The van der Waals surface area contributed by atoms with E-state index < -0.39 is 10.0 Å². The smallest absolute Gasteiger partial charge is 0.251 e. The second-order valence-corrected chi connectivity index (χ2v) is 8.12. The minimum atomic E-state index is -3.56. The van der Waals surface area contributed by atoms with E-state index >= 15 is 0 Å². The average molecular weight is 354 g/mol. The van der Waals surface area contributed by atoms with E-state index in [0.29, 0.717) is 37.6 Å². The number of ether oxygens (including phenoxy) is 1. The first-order valence-electron chi connectivity index (χ1n) is 8.38. The third kappa shape index (κ3) is 6.22. The molecule has 0 aliphatic heterocycles. The molecule has 1 fully saturated rings. The van der Waals surface area contributed by atoms with Crippen molar-refractivity contribution in [2.45, 2.75) is 44.1 Å². The van der Waals surface area contributed by atoms with Crippen molar-refractivity contribution in [3.63, 3.8) is 0 Å². The maximum Gasteiger partial charge on any atom is 0.251 e. The molecule has 0 atom stereocenters. The molecule has 24 heavy (non-hydrogen) atoms. The molecule has 1 aliphatic carbocycles. The first-order valence-corrected chi connectivity index (χ1v) is 9.86. The Labute approximate surface area is 144 Å². The Kier molecular flexibility index (Phi) is 6.77. The maximum atomic E-state index is 12.2. The molecular weight excluding hydrogens is 328 g/mol. The van der Waals surface area contributed by atoms with Crippen LogP contribution in [0.4, 0.5) is 0 Å². The van der Waals surface area contributed by atoms with Crippen LogP contribution in [0.25, 0.3) is 0 Å². The van der Waals surface area contributed by atoms with Crippen molar-refractivity contribution in [3.05, 3.63) is 29.8 Å². The van der Waals surface area contributed by atoms with Gasteiger partial charge in [-0.1, -0.05) is 6.07 Å². The number of hydrogen-bond donors (Lipinski definition) is 2. The predicted molar refractivity (Wildman–Crippen MR) is 92.4 cm³/mol. The molecule has 0 spiro atoms. The van der Waals surface area contributed by atoms with Crippen LogP contribution in [0.2, 0.25) is 0 Å². The molecule has 2 N–H and O–H groups in total. The Balaban J connectivity index is 1.87. The van der Waals surface area contributed by atoms with Crippen LogP contribution in [0.15, 0.2) is 29.2 Å². The normalized spacial score (nSPS) is 14.8. The SMILES string of the molecule is CC(C)OCCCNC(=O)c1cccc(S(=O)(=O)NCC2CC2)c1. The van der Waals surface area contributed by atoms with Gasteiger partial charge in [0.25, 0.3) is 5.91 Å². The number of rotatable bonds is 10. The number of hydrogen-bond acceptors (Lipinski definition) is 4. The van der Waals surface area contributed by atoms with Gasteiger partial charge in [0.05, 0.1) is 11.0 Å². The van der Waals surface area contributed by atoms with Crippen LogP contribution >= 0.6 is 0 Å². The number of carbonyl (C=O) groups excluding carboxylic acids is 1. The van der Waals surface area contributed by atoms with Crippen molar-refractivity contribution in [1.82, 2.24) is 10.0 Å². The molecule has 0 saturated heterocycles. The zero-order valence-corrected chi connectivity index (χ0v) is 15.1. The topological polar surface area (TPSA) is 84.5 Å². The number of benzene rings is 1. The van der Waals surface area contributed by atoms with Crippen molar-refractivity contribution in [3.8, 4) is 0 Å². The molecule has 1 aromatic carbocycles. The van der Waals surface area contributed by atoms with Crippen molar-refractivity contribution < 1.29 is 17.9 Å².